The van der Waals surface area contributed by atoms with E-state index in [4.69, 9.17) is 16.3 Å². The summed E-state index contributed by atoms with van der Waals surface area (Å²) >= 11 is 5.91. The summed E-state index contributed by atoms with van der Waals surface area (Å²) in [5, 5.41) is 3.89. The molecule has 1 aromatic heterocycles. The van der Waals surface area contributed by atoms with E-state index < -0.39 is 0 Å². The second-order valence-corrected chi connectivity index (χ2v) is 4.89. The predicted octanol–water partition coefficient (Wildman–Crippen LogP) is 2.67. The maximum absolute atomic E-state index is 5.91. The van der Waals surface area contributed by atoms with Crippen molar-refractivity contribution in [3.05, 3.63) is 17.0 Å². The first-order valence-corrected chi connectivity index (χ1v) is 6.38. The van der Waals surface area contributed by atoms with Gasteiger partial charge in [-0.05, 0) is 32.6 Å². The lowest BCUT2D eigenvalue weighted by Gasteiger charge is -2.28. The van der Waals surface area contributed by atoms with Crippen LogP contribution >= 0.6 is 11.6 Å². The average molecular weight is 256 g/mol. The van der Waals surface area contributed by atoms with Crippen LogP contribution in [0.3, 0.4) is 0 Å². The van der Waals surface area contributed by atoms with Gasteiger partial charge >= 0.3 is 0 Å². The number of hydrogen-bond acceptors (Lipinski definition) is 4. The van der Waals surface area contributed by atoms with Crippen molar-refractivity contribution in [2.24, 2.45) is 5.92 Å². The van der Waals surface area contributed by atoms with Gasteiger partial charge in [0, 0.05) is 25.3 Å². The molecule has 94 valence electrons. The van der Waals surface area contributed by atoms with Gasteiger partial charge in [-0.15, -0.1) is 0 Å². The predicted molar refractivity (Wildman–Crippen MR) is 68.4 cm³/mol. The molecule has 1 aromatic rings. The zero-order valence-corrected chi connectivity index (χ0v) is 11.0. The fourth-order valence-corrected chi connectivity index (χ4v) is 2.40. The zero-order valence-electron chi connectivity index (χ0n) is 10.2. The molecule has 0 spiro atoms. The maximum Gasteiger partial charge on any atom is 0.134 e. The summed E-state index contributed by atoms with van der Waals surface area (Å²) in [6, 6.07) is 2.15. The number of rotatable bonds is 3. The fourth-order valence-electron chi connectivity index (χ4n) is 2.17. The van der Waals surface area contributed by atoms with E-state index in [1.54, 1.807) is 6.07 Å². The summed E-state index contributed by atoms with van der Waals surface area (Å²) in [5.41, 5.74) is 0. The van der Waals surface area contributed by atoms with Crippen molar-refractivity contribution >= 4 is 17.4 Å². The van der Waals surface area contributed by atoms with E-state index in [0.717, 1.165) is 31.9 Å². The van der Waals surface area contributed by atoms with Crippen molar-refractivity contribution in [3.63, 3.8) is 0 Å². The molecule has 1 aliphatic rings. The van der Waals surface area contributed by atoms with Gasteiger partial charge in [0.05, 0.1) is 0 Å². The molecule has 5 heteroatoms. The van der Waals surface area contributed by atoms with E-state index in [0.29, 0.717) is 22.9 Å². The molecule has 0 amide bonds. The highest BCUT2D eigenvalue weighted by atomic mass is 35.5. The first kappa shape index (κ1) is 12.6. The number of aromatic nitrogens is 2. The minimum Gasteiger partial charge on any atom is -0.381 e. The van der Waals surface area contributed by atoms with Crippen LogP contribution in [0, 0.1) is 12.8 Å². The van der Waals surface area contributed by atoms with Gasteiger partial charge < -0.3 is 10.1 Å². The molecular formula is C12H18ClN3O. The molecule has 1 unspecified atom stereocenters. The molecule has 2 heterocycles. The first-order chi connectivity index (χ1) is 8.15. The van der Waals surface area contributed by atoms with E-state index in [-0.39, 0.29) is 0 Å². The number of aryl methyl sites for hydroxylation is 1. The summed E-state index contributed by atoms with van der Waals surface area (Å²) in [4.78, 5) is 8.38. The Kier molecular flexibility index (Phi) is 4.18. The van der Waals surface area contributed by atoms with Gasteiger partial charge in [0.1, 0.15) is 16.8 Å². The molecule has 2 rings (SSSR count). The highest BCUT2D eigenvalue weighted by molar-refractivity contribution is 6.29. The molecule has 0 aromatic carbocycles. The van der Waals surface area contributed by atoms with Gasteiger partial charge in [0.2, 0.25) is 0 Å². The Labute approximate surface area is 107 Å². The van der Waals surface area contributed by atoms with Gasteiger partial charge in [0.25, 0.3) is 0 Å². The van der Waals surface area contributed by atoms with Gasteiger partial charge in [0.15, 0.2) is 0 Å². The first-order valence-electron chi connectivity index (χ1n) is 6.00. The molecular weight excluding hydrogens is 238 g/mol. The molecule has 0 saturated carbocycles. The highest BCUT2D eigenvalue weighted by Crippen LogP contribution is 2.22. The van der Waals surface area contributed by atoms with Crippen molar-refractivity contribution in [2.45, 2.75) is 32.7 Å². The van der Waals surface area contributed by atoms with Crippen LogP contribution < -0.4 is 5.32 Å². The lowest BCUT2D eigenvalue weighted by Crippen LogP contribution is -2.31. The minimum atomic E-state index is 0.379. The van der Waals surface area contributed by atoms with Crippen LogP contribution in [0.4, 0.5) is 5.82 Å². The van der Waals surface area contributed by atoms with Crippen LogP contribution in [-0.4, -0.2) is 29.2 Å². The number of ether oxygens (including phenoxy) is 1. The van der Waals surface area contributed by atoms with Gasteiger partial charge in [-0.2, -0.15) is 0 Å². The summed E-state index contributed by atoms with van der Waals surface area (Å²) in [5.74, 6) is 2.14. The lowest BCUT2D eigenvalue weighted by molar-refractivity contribution is 0.0622. The van der Waals surface area contributed by atoms with Gasteiger partial charge in [-0.1, -0.05) is 11.6 Å². The number of anilines is 1. The Morgan fingerprint density at radius 3 is 2.76 bits per heavy atom. The Balaban J connectivity index is 1.99. The number of nitrogens with zero attached hydrogens (tertiary/aromatic N) is 2. The smallest absolute Gasteiger partial charge is 0.134 e. The third-order valence-corrected chi connectivity index (χ3v) is 3.35. The number of hydrogen-bond donors (Lipinski definition) is 1. The molecule has 1 saturated heterocycles. The highest BCUT2D eigenvalue weighted by Gasteiger charge is 2.20. The Morgan fingerprint density at radius 2 is 2.12 bits per heavy atom. The van der Waals surface area contributed by atoms with E-state index in [1.165, 1.54) is 0 Å². The SMILES string of the molecule is Cc1nc(Cl)cc(NC(C)C2CCOCC2)n1. The standard InChI is InChI=1S/C12H18ClN3O/c1-8(10-3-5-17-6-4-10)14-12-7-11(13)15-9(2)16-12/h7-8,10H,3-6H2,1-2H3,(H,14,15,16). The molecule has 1 atom stereocenters. The number of halogens is 1. The Bertz CT molecular complexity index is 360. The Morgan fingerprint density at radius 1 is 1.41 bits per heavy atom. The van der Waals surface area contributed by atoms with Crippen LogP contribution in [0.2, 0.25) is 5.15 Å². The zero-order chi connectivity index (χ0) is 12.3. The van der Waals surface area contributed by atoms with Crippen LogP contribution in [0.15, 0.2) is 6.07 Å². The molecule has 4 nitrogen and oxygen atoms in total. The van der Waals surface area contributed by atoms with Crippen LogP contribution in [0.25, 0.3) is 0 Å². The van der Waals surface area contributed by atoms with E-state index >= 15 is 0 Å². The summed E-state index contributed by atoms with van der Waals surface area (Å²) in [6.07, 6.45) is 2.21. The molecule has 0 aliphatic carbocycles. The van der Waals surface area contributed by atoms with Crippen molar-refractivity contribution in [1.29, 1.82) is 0 Å². The molecule has 0 bridgehead atoms. The van der Waals surface area contributed by atoms with E-state index in [1.807, 2.05) is 6.92 Å². The molecule has 1 N–H and O–H groups in total. The summed E-state index contributed by atoms with van der Waals surface area (Å²) in [7, 11) is 0. The molecule has 1 aliphatic heterocycles. The van der Waals surface area contributed by atoms with Crippen LogP contribution in [0.5, 0.6) is 0 Å². The average Bonchev–Trinajstić information content (AvgIpc) is 2.28. The van der Waals surface area contributed by atoms with Crippen molar-refractivity contribution in [3.8, 4) is 0 Å². The number of nitrogens with one attached hydrogen (secondary N) is 1. The maximum atomic E-state index is 5.91. The van der Waals surface area contributed by atoms with Crippen molar-refractivity contribution < 1.29 is 4.74 Å². The topological polar surface area (TPSA) is 47.0 Å². The minimum absolute atomic E-state index is 0.379. The van der Waals surface area contributed by atoms with Gasteiger partial charge in [-0.3, -0.25) is 0 Å². The van der Waals surface area contributed by atoms with Crippen molar-refractivity contribution in [2.75, 3.05) is 18.5 Å². The lowest BCUT2D eigenvalue weighted by atomic mass is 9.93. The monoisotopic (exact) mass is 255 g/mol. The Hall–Kier alpha value is -0.870. The van der Waals surface area contributed by atoms with E-state index in [2.05, 4.69) is 22.2 Å². The fraction of sp³-hybridized carbons (Fsp3) is 0.667. The third kappa shape index (κ3) is 3.54. The summed E-state index contributed by atoms with van der Waals surface area (Å²) in [6.45, 7) is 5.75. The summed E-state index contributed by atoms with van der Waals surface area (Å²) < 4.78 is 5.36. The van der Waals surface area contributed by atoms with Gasteiger partial charge in [-0.25, -0.2) is 9.97 Å². The molecule has 1 fully saturated rings. The van der Waals surface area contributed by atoms with Crippen LogP contribution in [-0.2, 0) is 4.74 Å². The largest absolute Gasteiger partial charge is 0.381 e. The third-order valence-electron chi connectivity index (χ3n) is 3.16. The van der Waals surface area contributed by atoms with Crippen LogP contribution in [0.1, 0.15) is 25.6 Å². The quantitative estimate of drug-likeness (QED) is 0.844. The molecule has 0 radical (unpaired) electrons. The normalized spacial score (nSPS) is 19.0. The van der Waals surface area contributed by atoms with Crippen molar-refractivity contribution in [1.82, 2.24) is 9.97 Å². The molecule has 17 heavy (non-hydrogen) atoms. The second kappa shape index (κ2) is 5.65. The second-order valence-electron chi connectivity index (χ2n) is 4.51. The van der Waals surface area contributed by atoms with E-state index in [9.17, 15) is 0 Å².